The Morgan fingerprint density at radius 3 is 2.72 bits per heavy atom. The number of piperazine rings is 1. The zero-order valence-electron chi connectivity index (χ0n) is 19.1. The van der Waals surface area contributed by atoms with E-state index in [-0.39, 0.29) is 17.3 Å². The largest absolute Gasteiger partial charge is 0.403 e. The van der Waals surface area contributed by atoms with Crippen molar-refractivity contribution in [3.63, 3.8) is 0 Å². The number of oxime groups is 1. The molecule has 4 rings (SSSR count). The van der Waals surface area contributed by atoms with Crippen LogP contribution in [-0.2, 0) is 6.42 Å². The highest BCUT2D eigenvalue weighted by molar-refractivity contribution is 5.82. The Bertz CT molecular complexity index is 1060. The van der Waals surface area contributed by atoms with E-state index in [2.05, 4.69) is 38.8 Å². The molecular formula is C23H33N5O4. The summed E-state index contributed by atoms with van der Waals surface area (Å²) in [6.07, 6.45) is 6.99. The van der Waals surface area contributed by atoms with E-state index in [9.17, 15) is 9.59 Å². The molecule has 1 saturated carbocycles. The molecule has 2 aliphatic rings. The third-order valence-electron chi connectivity index (χ3n) is 6.33. The summed E-state index contributed by atoms with van der Waals surface area (Å²) in [4.78, 5) is 41.9. The molecule has 1 aliphatic heterocycles. The average molecular weight is 444 g/mol. The van der Waals surface area contributed by atoms with Crippen molar-refractivity contribution in [1.82, 2.24) is 19.8 Å². The highest BCUT2D eigenvalue weighted by atomic mass is 16.6. The van der Waals surface area contributed by atoms with Crippen molar-refractivity contribution in [2.45, 2.75) is 58.8 Å². The van der Waals surface area contributed by atoms with Gasteiger partial charge in [0, 0.05) is 38.7 Å². The van der Waals surface area contributed by atoms with Crippen LogP contribution in [0.5, 0.6) is 6.01 Å². The van der Waals surface area contributed by atoms with Crippen LogP contribution in [0, 0.1) is 5.92 Å². The highest BCUT2D eigenvalue weighted by Gasteiger charge is 2.22. The van der Waals surface area contributed by atoms with E-state index >= 15 is 0 Å². The highest BCUT2D eigenvalue weighted by Crippen LogP contribution is 2.34. The molecule has 0 amide bonds. The van der Waals surface area contributed by atoms with E-state index in [1.165, 1.54) is 18.9 Å². The standard InChI is InChI=1S/C23H33N5O4/c1-3-6-18(28-13-11-27(4-2)12-14-28)26-32-23-24-21(30)20-17(8-5-7-16-9-10-16)15-19(29)31-22(20)25-23/h15-16H,3-14H2,1-2H3,(H,24,25,30). The second-order valence-corrected chi connectivity index (χ2v) is 8.75. The van der Waals surface area contributed by atoms with Gasteiger partial charge < -0.3 is 19.1 Å². The maximum Gasteiger partial charge on any atom is 0.337 e. The molecule has 174 valence electrons. The second kappa shape index (κ2) is 10.3. The number of aromatic nitrogens is 2. The van der Waals surface area contributed by atoms with Gasteiger partial charge in [0.25, 0.3) is 5.56 Å². The molecule has 0 atom stereocenters. The molecule has 1 aliphatic carbocycles. The summed E-state index contributed by atoms with van der Waals surface area (Å²) in [7, 11) is 0. The summed E-state index contributed by atoms with van der Waals surface area (Å²) >= 11 is 0. The number of nitrogens with one attached hydrogen (secondary N) is 1. The van der Waals surface area contributed by atoms with Gasteiger partial charge in [-0.3, -0.25) is 9.78 Å². The van der Waals surface area contributed by atoms with Crippen LogP contribution >= 0.6 is 0 Å². The van der Waals surface area contributed by atoms with Gasteiger partial charge in [-0.05, 0) is 37.3 Å². The number of amidine groups is 1. The van der Waals surface area contributed by atoms with Gasteiger partial charge in [0.2, 0.25) is 5.71 Å². The minimum Gasteiger partial charge on any atom is -0.403 e. The first-order valence-electron chi connectivity index (χ1n) is 11.9. The van der Waals surface area contributed by atoms with Crippen molar-refractivity contribution >= 4 is 16.9 Å². The summed E-state index contributed by atoms with van der Waals surface area (Å²) in [5, 5.41) is 4.62. The molecule has 2 aromatic rings. The Labute approximate surface area is 187 Å². The molecule has 32 heavy (non-hydrogen) atoms. The first kappa shape index (κ1) is 22.5. The molecule has 0 spiro atoms. The molecule has 9 heteroatoms. The van der Waals surface area contributed by atoms with Gasteiger partial charge in [-0.25, -0.2) is 4.79 Å². The first-order chi connectivity index (χ1) is 15.6. The molecule has 0 aromatic carbocycles. The van der Waals surface area contributed by atoms with Gasteiger partial charge in [-0.15, -0.1) is 0 Å². The predicted octanol–water partition coefficient (Wildman–Crippen LogP) is 2.74. The smallest absolute Gasteiger partial charge is 0.337 e. The van der Waals surface area contributed by atoms with E-state index in [1.807, 2.05) is 0 Å². The lowest BCUT2D eigenvalue weighted by atomic mass is 10.1. The molecule has 1 N–H and O–H groups in total. The van der Waals surface area contributed by atoms with Gasteiger partial charge >= 0.3 is 11.6 Å². The zero-order chi connectivity index (χ0) is 22.5. The number of nitrogens with zero attached hydrogens (tertiary/aromatic N) is 4. The molecule has 2 aromatic heterocycles. The summed E-state index contributed by atoms with van der Waals surface area (Å²) < 4.78 is 5.23. The van der Waals surface area contributed by atoms with Crippen LogP contribution in [0.1, 0.15) is 57.9 Å². The number of aromatic amines is 1. The van der Waals surface area contributed by atoms with E-state index < -0.39 is 5.63 Å². The number of fused-ring (bicyclic) bond motifs is 1. The minimum atomic E-state index is -0.507. The Hall–Kier alpha value is -2.68. The first-order valence-corrected chi connectivity index (χ1v) is 11.9. The van der Waals surface area contributed by atoms with Crippen molar-refractivity contribution in [2.24, 2.45) is 11.1 Å². The Kier molecular flexibility index (Phi) is 7.24. The fourth-order valence-electron chi connectivity index (χ4n) is 4.26. The Balaban J connectivity index is 1.53. The zero-order valence-corrected chi connectivity index (χ0v) is 19.1. The fraction of sp³-hybridized carbons (Fsp3) is 0.652. The number of likely N-dealkylation sites (N-methyl/N-ethyl adjacent to an activating group) is 1. The van der Waals surface area contributed by atoms with Crippen molar-refractivity contribution in [1.29, 1.82) is 0 Å². The maximum atomic E-state index is 12.8. The number of hydrogen-bond donors (Lipinski definition) is 1. The van der Waals surface area contributed by atoms with Crippen LogP contribution in [0.25, 0.3) is 11.1 Å². The minimum absolute atomic E-state index is 0.00136. The van der Waals surface area contributed by atoms with Crippen LogP contribution < -0.4 is 16.0 Å². The predicted molar refractivity (Wildman–Crippen MR) is 123 cm³/mol. The monoisotopic (exact) mass is 443 g/mol. The molecule has 0 radical (unpaired) electrons. The number of aryl methyl sites for hydroxylation is 1. The normalized spacial score (nSPS) is 17.8. The number of hydrogen-bond acceptors (Lipinski definition) is 7. The summed E-state index contributed by atoms with van der Waals surface area (Å²) in [5.74, 6) is 1.64. The molecule has 9 nitrogen and oxygen atoms in total. The van der Waals surface area contributed by atoms with Crippen LogP contribution in [0.4, 0.5) is 0 Å². The molecule has 0 unspecified atom stereocenters. The lowest BCUT2D eigenvalue weighted by molar-refractivity contribution is 0.182. The van der Waals surface area contributed by atoms with Crippen molar-refractivity contribution in [3.05, 3.63) is 32.4 Å². The lowest BCUT2D eigenvalue weighted by Gasteiger charge is -2.35. The van der Waals surface area contributed by atoms with Crippen LogP contribution in [0.15, 0.2) is 25.2 Å². The van der Waals surface area contributed by atoms with Crippen LogP contribution in [0.2, 0.25) is 0 Å². The average Bonchev–Trinajstić information content (AvgIpc) is 3.60. The molecule has 2 fully saturated rings. The second-order valence-electron chi connectivity index (χ2n) is 8.75. The van der Waals surface area contributed by atoms with E-state index in [0.29, 0.717) is 17.4 Å². The van der Waals surface area contributed by atoms with Crippen LogP contribution in [0.3, 0.4) is 0 Å². The van der Waals surface area contributed by atoms with Gasteiger partial charge in [-0.1, -0.05) is 38.3 Å². The SMILES string of the molecule is CCCC(=NOc1nc2oc(=O)cc(CCCC3CC3)c2c(=O)[nH]1)N1CCN(CC)CC1. The number of H-pyrrole nitrogens is 1. The molecule has 3 heterocycles. The maximum absolute atomic E-state index is 12.8. The lowest BCUT2D eigenvalue weighted by Crippen LogP contribution is -2.48. The van der Waals surface area contributed by atoms with Gasteiger partial charge in [0.15, 0.2) is 0 Å². The summed E-state index contributed by atoms with van der Waals surface area (Å²) in [6.45, 7) is 9.04. The van der Waals surface area contributed by atoms with Crippen molar-refractivity contribution < 1.29 is 9.25 Å². The van der Waals surface area contributed by atoms with Crippen LogP contribution in [-0.4, -0.2) is 58.3 Å². The molecular weight excluding hydrogens is 410 g/mol. The topological polar surface area (TPSA) is 104 Å². The molecule has 0 bridgehead atoms. The third kappa shape index (κ3) is 5.56. The van der Waals surface area contributed by atoms with Gasteiger partial charge in [0.05, 0.1) is 0 Å². The Morgan fingerprint density at radius 1 is 1.25 bits per heavy atom. The van der Waals surface area contributed by atoms with Gasteiger partial charge in [-0.2, -0.15) is 4.98 Å². The van der Waals surface area contributed by atoms with E-state index in [0.717, 1.165) is 70.2 Å². The van der Waals surface area contributed by atoms with Crippen molar-refractivity contribution in [2.75, 3.05) is 32.7 Å². The van der Waals surface area contributed by atoms with E-state index in [1.54, 1.807) is 0 Å². The molecule has 1 saturated heterocycles. The quantitative estimate of drug-likeness (QED) is 0.361. The summed E-state index contributed by atoms with van der Waals surface area (Å²) in [5.41, 5.74) is -0.200. The fourth-order valence-corrected chi connectivity index (χ4v) is 4.26. The third-order valence-corrected chi connectivity index (χ3v) is 6.33. The Morgan fingerprint density at radius 2 is 2.03 bits per heavy atom. The van der Waals surface area contributed by atoms with E-state index in [4.69, 9.17) is 9.25 Å². The van der Waals surface area contributed by atoms with Crippen molar-refractivity contribution in [3.8, 4) is 6.01 Å². The summed E-state index contributed by atoms with van der Waals surface area (Å²) in [6, 6.07) is 1.33. The number of rotatable bonds is 9. The van der Waals surface area contributed by atoms with Gasteiger partial charge in [0.1, 0.15) is 11.2 Å².